The molecule has 132 valence electrons. The minimum Gasteiger partial charge on any atom is -0.422 e. The zero-order chi connectivity index (χ0) is 18.5. The van der Waals surface area contributed by atoms with Crippen LogP contribution in [0.25, 0.3) is 33.0 Å². The van der Waals surface area contributed by atoms with Crippen molar-refractivity contribution in [3.05, 3.63) is 74.7 Å². The lowest BCUT2D eigenvalue weighted by molar-refractivity contribution is 0.0972. The van der Waals surface area contributed by atoms with Crippen LogP contribution in [0.4, 0.5) is 0 Å². The highest BCUT2D eigenvalue weighted by atomic mass is 79.9. The van der Waals surface area contributed by atoms with E-state index in [2.05, 4.69) is 15.9 Å². The minimum atomic E-state index is -0.465. The van der Waals surface area contributed by atoms with Gasteiger partial charge in [-0.05, 0) is 42.7 Å². The van der Waals surface area contributed by atoms with Crippen LogP contribution in [0.5, 0.6) is 0 Å². The van der Waals surface area contributed by atoms with Gasteiger partial charge in [0.15, 0.2) is 5.78 Å². The number of pyridine rings is 1. The molecule has 0 unspecified atom stereocenters. The Balaban J connectivity index is 2.05. The predicted octanol–water partition coefficient (Wildman–Crippen LogP) is 5.29. The van der Waals surface area contributed by atoms with Gasteiger partial charge in [0.2, 0.25) is 0 Å². The predicted molar refractivity (Wildman–Crippen MR) is 108 cm³/mol. The average Bonchev–Trinajstić information content (AvgIpc) is 2.67. The maximum atomic E-state index is 12.9. The second-order valence-electron chi connectivity index (χ2n) is 6.70. The summed E-state index contributed by atoms with van der Waals surface area (Å²) in [7, 11) is 0. The molecule has 0 amide bonds. The fourth-order valence-electron chi connectivity index (χ4n) is 3.89. The normalized spacial score (nSPS) is 13.9. The molecule has 5 heteroatoms. The van der Waals surface area contributed by atoms with E-state index in [1.54, 1.807) is 6.07 Å². The molecule has 0 saturated carbocycles. The maximum absolute atomic E-state index is 12.9. The van der Waals surface area contributed by atoms with Gasteiger partial charge < -0.3 is 4.42 Å². The highest BCUT2D eigenvalue weighted by Crippen LogP contribution is 2.37. The smallest absolute Gasteiger partial charge is 0.346 e. The first-order chi connectivity index (χ1) is 13.1. The van der Waals surface area contributed by atoms with E-state index in [9.17, 15) is 9.59 Å². The highest BCUT2D eigenvalue weighted by Gasteiger charge is 2.27. The Bertz CT molecular complexity index is 1310. The Hall–Kier alpha value is -2.79. The maximum Gasteiger partial charge on any atom is 0.346 e. The fraction of sp³-hybridized carbons (Fsp3) is 0.136. The summed E-state index contributed by atoms with van der Waals surface area (Å²) < 4.78 is 6.46. The molecule has 2 aromatic carbocycles. The van der Waals surface area contributed by atoms with Crippen LogP contribution in [0.2, 0.25) is 0 Å². The van der Waals surface area contributed by atoms with Crippen molar-refractivity contribution in [3.63, 3.8) is 0 Å². The Morgan fingerprint density at radius 3 is 2.67 bits per heavy atom. The number of carbonyl (C=O) groups excluding carboxylic acids is 1. The molecule has 0 N–H and O–H groups in total. The number of para-hydroxylation sites is 1. The molecule has 0 bridgehead atoms. The summed E-state index contributed by atoms with van der Waals surface area (Å²) in [6.07, 6.45) is 1.98. The molecule has 0 spiro atoms. The molecular formula is C22H14BrNO3. The molecule has 2 heterocycles. The molecule has 4 aromatic rings. The summed E-state index contributed by atoms with van der Waals surface area (Å²) in [6, 6.07) is 15.0. The second-order valence-corrected chi connectivity index (χ2v) is 7.62. The Labute approximate surface area is 163 Å². The van der Waals surface area contributed by atoms with Crippen molar-refractivity contribution in [2.24, 2.45) is 0 Å². The van der Waals surface area contributed by atoms with Gasteiger partial charge in [0.25, 0.3) is 0 Å². The van der Waals surface area contributed by atoms with Crippen LogP contribution in [0.1, 0.15) is 28.9 Å². The first-order valence-electron chi connectivity index (χ1n) is 8.81. The van der Waals surface area contributed by atoms with E-state index in [0.717, 1.165) is 34.0 Å². The van der Waals surface area contributed by atoms with Crippen LogP contribution in [-0.4, -0.2) is 10.8 Å². The molecule has 0 radical (unpaired) electrons. The first kappa shape index (κ1) is 16.4. The lowest BCUT2D eigenvalue weighted by Crippen LogP contribution is -2.17. The molecule has 5 rings (SSSR count). The molecule has 1 aliphatic carbocycles. The van der Waals surface area contributed by atoms with Gasteiger partial charge in [0.05, 0.1) is 16.6 Å². The number of ketones is 1. The van der Waals surface area contributed by atoms with E-state index >= 15 is 0 Å². The van der Waals surface area contributed by atoms with Gasteiger partial charge in [-0.3, -0.25) is 9.78 Å². The number of fused-ring (bicyclic) bond motifs is 4. The standard InChI is InChI=1S/C22H14BrNO3/c23-13-6-3-5-12(11-13)18-19-15(8-4-9-16(19)25)24-21-14-7-1-2-10-17(14)27-22(26)20(18)21/h1-3,5-7,10-11H,4,8-9H2. The van der Waals surface area contributed by atoms with Crippen LogP contribution in [0.3, 0.4) is 0 Å². The third kappa shape index (κ3) is 2.53. The van der Waals surface area contributed by atoms with Crippen molar-refractivity contribution in [1.82, 2.24) is 4.98 Å². The van der Waals surface area contributed by atoms with Crippen molar-refractivity contribution in [2.75, 3.05) is 0 Å². The Morgan fingerprint density at radius 1 is 0.963 bits per heavy atom. The van der Waals surface area contributed by atoms with Crippen LogP contribution >= 0.6 is 15.9 Å². The van der Waals surface area contributed by atoms with Crippen molar-refractivity contribution >= 4 is 43.6 Å². The molecule has 27 heavy (non-hydrogen) atoms. The summed E-state index contributed by atoms with van der Waals surface area (Å²) in [6.45, 7) is 0. The molecule has 0 fully saturated rings. The van der Waals surface area contributed by atoms with E-state index in [1.807, 2.05) is 42.5 Å². The van der Waals surface area contributed by atoms with E-state index in [-0.39, 0.29) is 5.78 Å². The number of aryl methyl sites for hydroxylation is 1. The molecule has 1 aliphatic rings. The van der Waals surface area contributed by atoms with Crippen molar-refractivity contribution in [3.8, 4) is 11.1 Å². The van der Waals surface area contributed by atoms with Crippen molar-refractivity contribution in [2.45, 2.75) is 19.3 Å². The number of halogens is 1. The zero-order valence-electron chi connectivity index (χ0n) is 14.3. The Kier molecular flexibility index (Phi) is 3.72. The fourth-order valence-corrected chi connectivity index (χ4v) is 4.28. The lowest BCUT2D eigenvalue weighted by atomic mass is 9.86. The van der Waals surface area contributed by atoms with Crippen LogP contribution in [0, 0.1) is 0 Å². The second kappa shape index (κ2) is 6.13. The average molecular weight is 420 g/mol. The summed E-state index contributed by atoms with van der Waals surface area (Å²) in [5.41, 5.74) is 3.42. The van der Waals surface area contributed by atoms with Crippen molar-refractivity contribution in [1.29, 1.82) is 0 Å². The highest BCUT2D eigenvalue weighted by molar-refractivity contribution is 9.10. The molecule has 0 saturated heterocycles. The summed E-state index contributed by atoms with van der Waals surface area (Å²) >= 11 is 3.49. The molecule has 2 aromatic heterocycles. The lowest BCUT2D eigenvalue weighted by Gasteiger charge is -2.20. The summed E-state index contributed by atoms with van der Waals surface area (Å²) in [5.74, 6) is 0.0354. The Morgan fingerprint density at radius 2 is 1.81 bits per heavy atom. The third-order valence-electron chi connectivity index (χ3n) is 5.03. The summed E-state index contributed by atoms with van der Waals surface area (Å²) in [4.78, 5) is 30.5. The van der Waals surface area contributed by atoms with Crippen molar-refractivity contribution < 1.29 is 9.21 Å². The number of nitrogens with zero attached hydrogens (tertiary/aromatic N) is 1. The zero-order valence-corrected chi connectivity index (χ0v) is 15.9. The minimum absolute atomic E-state index is 0.0354. The number of Topliss-reactive ketones (excluding diaryl/α,β-unsaturated/α-hetero) is 1. The number of carbonyl (C=O) groups is 1. The van der Waals surface area contributed by atoms with Gasteiger partial charge in [-0.25, -0.2) is 4.79 Å². The van der Waals surface area contributed by atoms with Crippen LogP contribution < -0.4 is 5.63 Å². The van der Waals surface area contributed by atoms with E-state index in [1.165, 1.54) is 0 Å². The van der Waals surface area contributed by atoms with Crippen LogP contribution in [0.15, 0.2) is 62.2 Å². The van der Waals surface area contributed by atoms with E-state index < -0.39 is 5.63 Å². The van der Waals surface area contributed by atoms with Gasteiger partial charge in [-0.1, -0.05) is 40.2 Å². The van der Waals surface area contributed by atoms with Gasteiger partial charge in [-0.15, -0.1) is 0 Å². The number of hydrogen-bond acceptors (Lipinski definition) is 4. The monoisotopic (exact) mass is 419 g/mol. The number of rotatable bonds is 1. The van der Waals surface area contributed by atoms with Gasteiger partial charge in [-0.2, -0.15) is 0 Å². The first-order valence-corrected chi connectivity index (χ1v) is 9.60. The SMILES string of the molecule is O=C1CCCc2nc3c(c(-c4cccc(Br)c4)c21)c(=O)oc1ccccc13. The molecular weight excluding hydrogens is 406 g/mol. The molecule has 0 aliphatic heterocycles. The number of hydrogen-bond donors (Lipinski definition) is 0. The number of benzene rings is 2. The van der Waals surface area contributed by atoms with Gasteiger partial charge in [0, 0.05) is 27.4 Å². The largest absolute Gasteiger partial charge is 0.422 e. The van der Waals surface area contributed by atoms with Gasteiger partial charge in [0.1, 0.15) is 5.58 Å². The summed E-state index contributed by atoms with van der Waals surface area (Å²) in [5, 5.41) is 1.16. The molecule has 4 nitrogen and oxygen atoms in total. The quantitative estimate of drug-likeness (QED) is 0.310. The van der Waals surface area contributed by atoms with Crippen LogP contribution in [-0.2, 0) is 6.42 Å². The third-order valence-corrected chi connectivity index (χ3v) is 5.52. The van der Waals surface area contributed by atoms with E-state index in [4.69, 9.17) is 9.40 Å². The van der Waals surface area contributed by atoms with E-state index in [0.29, 0.717) is 34.0 Å². The molecule has 0 atom stereocenters. The topological polar surface area (TPSA) is 60.2 Å². The van der Waals surface area contributed by atoms with Gasteiger partial charge >= 0.3 is 5.63 Å². The number of aromatic nitrogens is 1.